The van der Waals surface area contributed by atoms with Crippen molar-refractivity contribution in [2.24, 2.45) is 7.05 Å². The predicted molar refractivity (Wildman–Crippen MR) is 68.8 cm³/mol. The van der Waals surface area contributed by atoms with Crippen LogP contribution in [0, 0.1) is 17.0 Å². The highest BCUT2D eigenvalue weighted by Crippen LogP contribution is 2.33. The lowest BCUT2D eigenvalue weighted by Gasteiger charge is -2.05. The molecule has 7 heteroatoms. The van der Waals surface area contributed by atoms with Gasteiger partial charge in [-0.1, -0.05) is 6.07 Å². The van der Waals surface area contributed by atoms with Crippen molar-refractivity contribution in [3.05, 3.63) is 44.5 Å². The first-order chi connectivity index (χ1) is 8.47. The van der Waals surface area contributed by atoms with Crippen LogP contribution in [0.4, 0.5) is 5.69 Å². The summed E-state index contributed by atoms with van der Waals surface area (Å²) in [7, 11) is 1.60. The fourth-order valence-corrected chi connectivity index (χ4v) is 2.02. The van der Waals surface area contributed by atoms with Crippen LogP contribution >= 0.6 is 15.9 Å². The second-order valence-corrected chi connectivity index (χ2v) is 4.64. The maximum atomic E-state index is 10.8. The Morgan fingerprint density at radius 1 is 1.50 bits per heavy atom. The van der Waals surface area contributed by atoms with Gasteiger partial charge in [0.1, 0.15) is 11.9 Å². The Hall–Kier alpha value is -1.89. The smallest absolute Gasteiger partial charge is 0.350 e. The Morgan fingerprint density at radius 2 is 2.22 bits per heavy atom. The van der Waals surface area contributed by atoms with Crippen molar-refractivity contribution in [1.29, 1.82) is 0 Å². The standard InChI is InChI=1S/C11H10BrN3O3/c1-7-3-4-10(8(12)5-7)18-11-9(15(16)17)6-14(2)13-11/h3-6H,1-2H3. The van der Waals surface area contributed by atoms with Crippen molar-refractivity contribution < 1.29 is 9.66 Å². The van der Waals surface area contributed by atoms with Gasteiger partial charge in [-0.25, -0.2) is 0 Å². The second-order valence-electron chi connectivity index (χ2n) is 3.79. The van der Waals surface area contributed by atoms with Crippen LogP contribution in [0.15, 0.2) is 28.9 Å². The topological polar surface area (TPSA) is 70.2 Å². The SMILES string of the molecule is Cc1ccc(Oc2nn(C)cc2[N+](=O)[O-])c(Br)c1. The lowest BCUT2D eigenvalue weighted by Crippen LogP contribution is -1.92. The molecule has 2 aromatic rings. The summed E-state index contributed by atoms with van der Waals surface area (Å²) in [6.45, 7) is 1.94. The number of nitrogens with zero attached hydrogens (tertiary/aromatic N) is 3. The van der Waals surface area contributed by atoms with E-state index >= 15 is 0 Å². The Bertz CT molecular complexity index is 610. The van der Waals surface area contributed by atoms with Gasteiger partial charge in [-0.05, 0) is 40.5 Å². The molecule has 0 aliphatic rings. The van der Waals surface area contributed by atoms with Crippen molar-refractivity contribution in [2.75, 3.05) is 0 Å². The van der Waals surface area contributed by atoms with Crippen LogP contribution in [-0.4, -0.2) is 14.7 Å². The third kappa shape index (κ3) is 2.51. The maximum absolute atomic E-state index is 10.8. The minimum atomic E-state index is -0.523. The minimum Gasteiger partial charge on any atom is -0.431 e. The first-order valence-electron chi connectivity index (χ1n) is 5.09. The fraction of sp³-hybridized carbons (Fsp3) is 0.182. The number of ether oxygens (including phenoxy) is 1. The quantitative estimate of drug-likeness (QED) is 0.644. The average Bonchev–Trinajstić information content (AvgIpc) is 2.64. The van der Waals surface area contributed by atoms with Gasteiger partial charge in [0, 0.05) is 7.05 Å². The Labute approximate surface area is 111 Å². The summed E-state index contributed by atoms with van der Waals surface area (Å²) in [6.07, 6.45) is 1.30. The van der Waals surface area contributed by atoms with Gasteiger partial charge in [-0.15, -0.1) is 5.10 Å². The van der Waals surface area contributed by atoms with Crippen LogP contribution in [0.3, 0.4) is 0 Å². The molecule has 1 aromatic carbocycles. The van der Waals surface area contributed by atoms with E-state index in [0.717, 1.165) is 10.0 Å². The molecule has 0 N–H and O–H groups in total. The van der Waals surface area contributed by atoms with Crippen LogP contribution in [-0.2, 0) is 7.05 Å². The molecular formula is C11H10BrN3O3. The van der Waals surface area contributed by atoms with Crippen LogP contribution in [0.1, 0.15) is 5.56 Å². The van der Waals surface area contributed by atoms with E-state index in [2.05, 4.69) is 21.0 Å². The molecule has 0 unspecified atom stereocenters. The molecule has 0 saturated heterocycles. The molecule has 0 saturated carbocycles. The molecule has 0 fully saturated rings. The normalized spacial score (nSPS) is 10.4. The number of aryl methyl sites for hydroxylation is 2. The lowest BCUT2D eigenvalue weighted by molar-refractivity contribution is -0.385. The first kappa shape index (κ1) is 12.6. The lowest BCUT2D eigenvalue weighted by atomic mass is 10.2. The zero-order chi connectivity index (χ0) is 13.3. The van der Waals surface area contributed by atoms with Gasteiger partial charge in [-0.3, -0.25) is 14.8 Å². The number of rotatable bonds is 3. The van der Waals surface area contributed by atoms with Crippen molar-refractivity contribution >= 4 is 21.6 Å². The molecule has 0 bridgehead atoms. The van der Waals surface area contributed by atoms with Gasteiger partial charge in [0.2, 0.25) is 0 Å². The van der Waals surface area contributed by atoms with Gasteiger partial charge >= 0.3 is 11.6 Å². The molecule has 1 heterocycles. The molecule has 0 spiro atoms. The first-order valence-corrected chi connectivity index (χ1v) is 5.88. The summed E-state index contributed by atoms with van der Waals surface area (Å²) in [5, 5.41) is 14.7. The number of hydrogen-bond acceptors (Lipinski definition) is 4. The molecule has 0 radical (unpaired) electrons. The van der Waals surface area contributed by atoms with Gasteiger partial charge in [0.25, 0.3) is 0 Å². The summed E-state index contributed by atoms with van der Waals surface area (Å²) in [5.41, 5.74) is 0.898. The second kappa shape index (κ2) is 4.77. The average molecular weight is 312 g/mol. The third-order valence-corrected chi connectivity index (χ3v) is 2.89. The Morgan fingerprint density at radius 3 is 2.83 bits per heavy atom. The maximum Gasteiger partial charge on any atom is 0.350 e. The fourth-order valence-electron chi connectivity index (χ4n) is 1.45. The van der Waals surface area contributed by atoms with Crippen molar-refractivity contribution in [2.45, 2.75) is 6.92 Å². The van der Waals surface area contributed by atoms with Crippen molar-refractivity contribution in [1.82, 2.24) is 9.78 Å². The predicted octanol–water partition coefficient (Wildman–Crippen LogP) is 3.19. The third-order valence-electron chi connectivity index (χ3n) is 2.27. The zero-order valence-corrected chi connectivity index (χ0v) is 11.3. The molecule has 1 aromatic heterocycles. The molecule has 0 aliphatic heterocycles. The van der Waals surface area contributed by atoms with E-state index in [1.807, 2.05) is 19.1 Å². The summed E-state index contributed by atoms with van der Waals surface area (Å²) in [5.74, 6) is 0.467. The van der Waals surface area contributed by atoms with Gasteiger partial charge in [0.05, 0.1) is 9.40 Å². The summed E-state index contributed by atoms with van der Waals surface area (Å²) < 4.78 is 7.52. The highest BCUT2D eigenvalue weighted by Gasteiger charge is 2.21. The number of benzene rings is 1. The van der Waals surface area contributed by atoms with E-state index < -0.39 is 4.92 Å². The van der Waals surface area contributed by atoms with Crippen LogP contribution in [0.5, 0.6) is 11.6 Å². The molecule has 0 amide bonds. The van der Waals surface area contributed by atoms with E-state index in [1.54, 1.807) is 13.1 Å². The molecule has 6 nitrogen and oxygen atoms in total. The summed E-state index contributed by atoms with van der Waals surface area (Å²) >= 11 is 3.34. The van der Waals surface area contributed by atoms with Gasteiger partial charge in [-0.2, -0.15) is 0 Å². The summed E-state index contributed by atoms with van der Waals surface area (Å²) in [4.78, 5) is 10.3. The van der Waals surface area contributed by atoms with E-state index in [0.29, 0.717) is 5.75 Å². The number of aromatic nitrogens is 2. The Balaban J connectivity index is 2.36. The summed E-state index contributed by atoms with van der Waals surface area (Å²) in [6, 6.07) is 5.46. The molecule has 18 heavy (non-hydrogen) atoms. The molecule has 94 valence electrons. The number of hydrogen-bond donors (Lipinski definition) is 0. The highest BCUT2D eigenvalue weighted by molar-refractivity contribution is 9.10. The molecule has 0 aliphatic carbocycles. The van der Waals surface area contributed by atoms with E-state index in [1.165, 1.54) is 10.9 Å². The zero-order valence-electron chi connectivity index (χ0n) is 9.75. The van der Waals surface area contributed by atoms with E-state index in [9.17, 15) is 10.1 Å². The van der Waals surface area contributed by atoms with Crippen LogP contribution in [0.25, 0.3) is 0 Å². The highest BCUT2D eigenvalue weighted by atomic mass is 79.9. The number of halogens is 1. The molecule has 2 rings (SSSR count). The van der Waals surface area contributed by atoms with Crippen LogP contribution in [0.2, 0.25) is 0 Å². The van der Waals surface area contributed by atoms with E-state index in [-0.39, 0.29) is 11.6 Å². The largest absolute Gasteiger partial charge is 0.431 e. The molecule has 0 atom stereocenters. The number of nitro groups is 1. The monoisotopic (exact) mass is 311 g/mol. The molecular weight excluding hydrogens is 302 g/mol. The van der Waals surface area contributed by atoms with Crippen LogP contribution < -0.4 is 4.74 Å². The van der Waals surface area contributed by atoms with Crippen molar-refractivity contribution in [3.63, 3.8) is 0 Å². The van der Waals surface area contributed by atoms with Gasteiger partial charge < -0.3 is 4.74 Å². The van der Waals surface area contributed by atoms with Gasteiger partial charge in [0.15, 0.2) is 0 Å². The van der Waals surface area contributed by atoms with Crippen molar-refractivity contribution in [3.8, 4) is 11.6 Å². The minimum absolute atomic E-state index is 0.0212. The Kier molecular flexibility index (Phi) is 3.33. The van der Waals surface area contributed by atoms with E-state index in [4.69, 9.17) is 4.74 Å².